The maximum atomic E-state index is 12.4. The topological polar surface area (TPSA) is 73.6 Å². The van der Waals surface area contributed by atoms with E-state index in [4.69, 9.17) is 15.2 Å². The Morgan fingerprint density at radius 1 is 1.26 bits per heavy atom. The summed E-state index contributed by atoms with van der Waals surface area (Å²) >= 11 is 0. The summed E-state index contributed by atoms with van der Waals surface area (Å²) in [4.78, 5) is 12.4. The van der Waals surface area contributed by atoms with Gasteiger partial charge >= 0.3 is 0 Å². The Bertz CT molecular complexity index is 651. The molecule has 3 N–H and O–H groups in total. The summed E-state index contributed by atoms with van der Waals surface area (Å²) in [5.41, 5.74) is 7.20. The lowest BCUT2D eigenvalue weighted by atomic mass is 9.67. The minimum absolute atomic E-state index is 0. The van der Waals surface area contributed by atoms with Crippen molar-refractivity contribution in [1.29, 1.82) is 0 Å². The van der Waals surface area contributed by atoms with Crippen molar-refractivity contribution in [3.63, 3.8) is 0 Å². The molecule has 2 unspecified atom stereocenters. The van der Waals surface area contributed by atoms with E-state index in [9.17, 15) is 4.79 Å². The molecule has 0 heterocycles. The van der Waals surface area contributed by atoms with Crippen LogP contribution in [0, 0.1) is 11.8 Å². The predicted molar refractivity (Wildman–Crippen MR) is 110 cm³/mol. The second-order valence-corrected chi connectivity index (χ2v) is 7.47. The van der Waals surface area contributed by atoms with Crippen molar-refractivity contribution < 1.29 is 14.3 Å². The lowest BCUT2D eigenvalue weighted by Crippen LogP contribution is -2.54. The molecule has 1 amide bonds. The normalized spacial score (nSPS) is 26.9. The number of amides is 1. The fourth-order valence-corrected chi connectivity index (χ4v) is 4.50. The van der Waals surface area contributed by atoms with E-state index in [1.807, 2.05) is 37.3 Å². The zero-order valence-electron chi connectivity index (χ0n) is 16.1. The molecular weight excluding hydrogens is 364 g/mol. The molecule has 1 aromatic carbocycles. The van der Waals surface area contributed by atoms with Gasteiger partial charge in [-0.1, -0.05) is 24.6 Å². The molecule has 2 aliphatic carbocycles. The monoisotopic (exact) mass is 394 g/mol. The molecule has 0 spiro atoms. The predicted octanol–water partition coefficient (Wildman–Crippen LogP) is 3.55. The molecule has 5 nitrogen and oxygen atoms in total. The van der Waals surface area contributed by atoms with Gasteiger partial charge in [-0.25, -0.2) is 0 Å². The number of benzene rings is 1. The van der Waals surface area contributed by atoms with Crippen molar-refractivity contribution in [2.24, 2.45) is 17.6 Å². The molecule has 150 valence electrons. The van der Waals surface area contributed by atoms with Gasteiger partial charge in [0.05, 0.1) is 7.11 Å². The first-order valence-corrected chi connectivity index (χ1v) is 9.59. The van der Waals surface area contributed by atoms with Gasteiger partial charge in [-0.3, -0.25) is 4.79 Å². The number of hydrogen-bond acceptors (Lipinski definition) is 4. The minimum atomic E-state index is -0.0676. The summed E-state index contributed by atoms with van der Waals surface area (Å²) < 4.78 is 11.1. The Morgan fingerprint density at radius 2 is 1.96 bits per heavy atom. The van der Waals surface area contributed by atoms with Crippen molar-refractivity contribution in [2.75, 3.05) is 13.7 Å². The van der Waals surface area contributed by atoms with Crippen LogP contribution in [-0.4, -0.2) is 31.7 Å². The van der Waals surface area contributed by atoms with E-state index in [-0.39, 0.29) is 37.0 Å². The first-order chi connectivity index (χ1) is 12.6. The highest BCUT2D eigenvalue weighted by molar-refractivity contribution is 5.85. The lowest BCUT2D eigenvalue weighted by Gasteiger charge is -2.45. The summed E-state index contributed by atoms with van der Waals surface area (Å²) in [6.45, 7) is 1.97. The van der Waals surface area contributed by atoms with Gasteiger partial charge in [0, 0.05) is 12.1 Å². The fourth-order valence-electron chi connectivity index (χ4n) is 4.50. The molecule has 6 heteroatoms. The highest BCUT2D eigenvalue weighted by Gasteiger charge is 2.39. The van der Waals surface area contributed by atoms with Gasteiger partial charge in [0.2, 0.25) is 0 Å². The van der Waals surface area contributed by atoms with Crippen LogP contribution in [0.15, 0.2) is 24.3 Å². The van der Waals surface area contributed by atoms with E-state index >= 15 is 0 Å². The van der Waals surface area contributed by atoms with Gasteiger partial charge in [0.25, 0.3) is 5.91 Å². The molecule has 1 aromatic rings. The Morgan fingerprint density at radius 3 is 2.59 bits per heavy atom. The van der Waals surface area contributed by atoms with Crippen LogP contribution in [0.5, 0.6) is 11.5 Å². The molecule has 2 bridgehead atoms. The number of nitrogens with two attached hydrogens (primary N) is 1. The summed E-state index contributed by atoms with van der Waals surface area (Å²) in [6, 6.07) is 6.23. The Hall–Kier alpha value is -1.72. The number of halogens is 1. The molecule has 0 saturated heterocycles. The van der Waals surface area contributed by atoms with E-state index in [1.165, 1.54) is 6.42 Å². The summed E-state index contributed by atoms with van der Waals surface area (Å²) in [7, 11) is 1.61. The van der Waals surface area contributed by atoms with Crippen molar-refractivity contribution in [3.05, 3.63) is 29.8 Å². The molecule has 2 fully saturated rings. The largest absolute Gasteiger partial charge is 0.493 e. The molecule has 27 heavy (non-hydrogen) atoms. The van der Waals surface area contributed by atoms with Crippen LogP contribution in [-0.2, 0) is 4.79 Å². The van der Waals surface area contributed by atoms with Crippen LogP contribution in [0.2, 0.25) is 0 Å². The fraction of sp³-hybridized carbons (Fsp3) is 0.571. The lowest BCUT2D eigenvalue weighted by molar-refractivity contribution is -0.125. The van der Waals surface area contributed by atoms with Crippen molar-refractivity contribution >= 4 is 24.4 Å². The molecule has 0 aliphatic heterocycles. The highest BCUT2D eigenvalue weighted by Crippen LogP contribution is 2.39. The quantitative estimate of drug-likeness (QED) is 0.773. The highest BCUT2D eigenvalue weighted by atomic mass is 35.5. The van der Waals surface area contributed by atoms with Crippen molar-refractivity contribution in [3.8, 4) is 11.5 Å². The summed E-state index contributed by atoms with van der Waals surface area (Å²) in [5.74, 6) is 2.17. The molecule has 2 aliphatic rings. The molecule has 2 atom stereocenters. The van der Waals surface area contributed by atoms with E-state index in [0.29, 0.717) is 23.3 Å². The van der Waals surface area contributed by atoms with E-state index in [2.05, 4.69) is 5.32 Å². The Balaban J connectivity index is 0.00000261. The van der Waals surface area contributed by atoms with Crippen molar-refractivity contribution in [2.45, 2.75) is 51.1 Å². The average Bonchev–Trinajstić information content (AvgIpc) is 2.61. The van der Waals surface area contributed by atoms with Crippen molar-refractivity contribution in [1.82, 2.24) is 5.32 Å². The number of nitrogens with one attached hydrogen (secondary N) is 1. The Labute approximate surface area is 168 Å². The maximum Gasteiger partial charge on any atom is 0.258 e. The standard InChI is InChI=1S/C21H30N2O3.ClH/c1-3-5-14-8-9-18(19(10-14)25-2)26-13-20(24)23-21-15-6-4-7-16(21)12-17(22)11-15;/h3,5,8-10,15-17,21H,4,6-7,11-13,22H2,1-2H3,(H,23,24);1H/b5-3+;. The number of ether oxygens (including phenoxy) is 2. The van der Waals surface area contributed by atoms with Gasteiger partial charge in [-0.2, -0.15) is 0 Å². The number of hydrogen-bond donors (Lipinski definition) is 2. The number of carbonyl (C=O) groups is 1. The second-order valence-electron chi connectivity index (χ2n) is 7.47. The van der Waals surface area contributed by atoms with Gasteiger partial charge in [-0.15, -0.1) is 12.4 Å². The first-order valence-electron chi connectivity index (χ1n) is 9.59. The number of allylic oxidation sites excluding steroid dienone is 1. The molecule has 0 radical (unpaired) electrons. The molecule has 2 saturated carbocycles. The van der Waals surface area contributed by atoms with Crippen LogP contribution in [0.25, 0.3) is 6.08 Å². The van der Waals surface area contributed by atoms with Gasteiger partial charge in [-0.05, 0) is 62.1 Å². The van der Waals surface area contributed by atoms with E-state index in [0.717, 1.165) is 31.2 Å². The molecular formula is C21H31ClN2O3. The summed E-state index contributed by atoms with van der Waals surface area (Å²) in [6.07, 6.45) is 9.57. The first kappa shape index (κ1) is 21.6. The zero-order chi connectivity index (χ0) is 18.5. The maximum absolute atomic E-state index is 12.4. The second kappa shape index (κ2) is 10.00. The number of fused-ring (bicyclic) bond motifs is 2. The summed E-state index contributed by atoms with van der Waals surface area (Å²) in [5, 5.41) is 3.21. The van der Waals surface area contributed by atoms with Crippen LogP contribution in [0.3, 0.4) is 0 Å². The third-order valence-corrected chi connectivity index (χ3v) is 5.61. The van der Waals surface area contributed by atoms with Crippen LogP contribution in [0.1, 0.15) is 44.6 Å². The average molecular weight is 395 g/mol. The minimum Gasteiger partial charge on any atom is -0.493 e. The van der Waals surface area contributed by atoms with Crippen LogP contribution < -0.4 is 20.5 Å². The van der Waals surface area contributed by atoms with Gasteiger partial charge in [0.15, 0.2) is 18.1 Å². The van der Waals surface area contributed by atoms with Gasteiger partial charge in [0.1, 0.15) is 0 Å². The SMILES string of the molecule is C/C=C/c1ccc(OCC(=O)NC2C3CCCC2CC(N)C3)c(OC)c1.Cl. The van der Waals surface area contributed by atoms with Crippen LogP contribution in [0.4, 0.5) is 0 Å². The van der Waals surface area contributed by atoms with Crippen LogP contribution >= 0.6 is 12.4 Å². The van der Waals surface area contributed by atoms with E-state index < -0.39 is 0 Å². The number of methoxy groups -OCH3 is 1. The smallest absolute Gasteiger partial charge is 0.258 e. The number of carbonyl (C=O) groups excluding carboxylic acids is 1. The third-order valence-electron chi connectivity index (χ3n) is 5.61. The Kier molecular flexibility index (Phi) is 7.99. The molecule has 0 aromatic heterocycles. The third kappa shape index (κ3) is 5.39. The van der Waals surface area contributed by atoms with Gasteiger partial charge < -0.3 is 20.5 Å². The number of rotatable bonds is 6. The van der Waals surface area contributed by atoms with E-state index in [1.54, 1.807) is 7.11 Å². The zero-order valence-corrected chi connectivity index (χ0v) is 17.0. The molecule has 3 rings (SSSR count).